The predicted molar refractivity (Wildman–Crippen MR) is 84.4 cm³/mol. The Hall–Kier alpha value is -1.52. The lowest BCUT2D eigenvalue weighted by atomic mass is 9.94. The van der Waals surface area contributed by atoms with Gasteiger partial charge in [0, 0.05) is 29.2 Å². The van der Waals surface area contributed by atoms with Crippen molar-refractivity contribution in [3.63, 3.8) is 0 Å². The number of rotatable bonds is 3. The van der Waals surface area contributed by atoms with E-state index in [4.69, 9.17) is 0 Å². The molecule has 0 spiro atoms. The smallest absolute Gasteiger partial charge is 0.224 e. The number of hydrogen-bond acceptors (Lipinski definition) is 2. The Balaban J connectivity index is 0.00000147. The monoisotopic (exact) mass is 293 g/mol. The van der Waals surface area contributed by atoms with Crippen LogP contribution in [0.3, 0.4) is 0 Å². The second-order valence-electron chi connectivity index (χ2n) is 5.23. The number of aromatic nitrogens is 1. The second kappa shape index (κ2) is 6.77. The minimum absolute atomic E-state index is 0. The van der Waals surface area contributed by atoms with E-state index in [0.29, 0.717) is 12.3 Å². The Morgan fingerprint density at radius 1 is 1.25 bits per heavy atom. The van der Waals surface area contributed by atoms with E-state index in [1.165, 1.54) is 0 Å². The van der Waals surface area contributed by atoms with Crippen molar-refractivity contribution in [1.82, 2.24) is 10.3 Å². The van der Waals surface area contributed by atoms with Crippen LogP contribution in [-0.2, 0) is 4.79 Å². The van der Waals surface area contributed by atoms with Crippen LogP contribution in [0.15, 0.2) is 30.5 Å². The molecule has 2 heterocycles. The Kier molecular flexibility index (Phi) is 5.04. The summed E-state index contributed by atoms with van der Waals surface area (Å²) in [6.07, 6.45) is 4.74. The lowest BCUT2D eigenvalue weighted by molar-refractivity contribution is -0.117. The van der Waals surface area contributed by atoms with E-state index in [2.05, 4.69) is 15.6 Å². The number of carbonyl (C=O) groups excluding carboxylic acids is 1. The third-order valence-electron chi connectivity index (χ3n) is 3.77. The van der Waals surface area contributed by atoms with E-state index < -0.39 is 0 Å². The molecule has 1 aromatic heterocycles. The normalized spacial score (nSPS) is 15.8. The van der Waals surface area contributed by atoms with Crippen LogP contribution in [0.1, 0.15) is 19.3 Å². The standard InChI is InChI=1S/C15H19N3O.ClH/c19-15(9-11-3-6-16-7-4-11)18-13-1-2-14-12(10-13)5-8-17-14;/h1-2,5,8,10-11,16-17H,3-4,6-7,9H2,(H,18,19);1H. The van der Waals surface area contributed by atoms with Crippen molar-refractivity contribution < 1.29 is 4.79 Å². The van der Waals surface area contributed by atoms with Gasteiger partial charge in [-0.3, -0.25) is 4.79 Å². The highest BCUT2D eigenvalue weighted by Gasteiger charge is 2.16. The van der Waals surface area contributed by atoms with Gasteiger partial charge in [0.15, 0.2) is 0 Å². The summed E-state index contributed by atoms with van der Waals surface area (Å²) >= 11 is 0. The lowest BCUT2D eigenvalue weighted by Crippen LogP contribution is -2.30. The molecule has 20 heavy (non-hydrogen) atoms. The molecule has 0 unspecified atom stereocenters. The second-order valence-corrected chi connectivity index (χ2v) is 5.23. The number of H-pyrrole nitrogens is 1. The summed E-state index contributed by atoms with van der Waals surface area (Å²) in [4.78, 5) is 15.2. The summed E-state index contributed by atoms with van der Waals surface area (Å²) in [5.41, 5.74) is 1.97. The van der Waals surface area contributed by atoms with Gasteiger partial charge in [-0.2, -0.15) is 0 Å². The highest BCUT2D eigenvalue weighted by atomic mass is 35.5. The van der Waals surface area contributed by atoms with E-state index >= 15 is 0 Å². The number of amides is 1. The molecule has 2 aromatic rings. The zero-order valence-corrected chi connectivity index (χ0v) is 12.1. The molecule has 1 saturated heterocycles. The highest BCUT2D eigenvalue weighted by molar-refractivity contribution is 5.93. The Morgan fingerprint density at radius 2 is 2.05 bits per heavy atom. The number of benzene rings is 1. The van der Waals surface area contributed by atoms with Crippen molar-refractivity contribution in [1.29, 1.82) is 0 Å². The number of hydrogen-bond donors (Lipinski definition) is 3. The van der Waals surface area contributed by atoms with E-state index in [9.17, 15) is 4.79 Å². The van der Waals surface area contributed by atoms with Crippen molar-refractivity contribution in [2.24, 2.45) is 5.92 Å². The van der Waals surface area contributed by atoms with Gasteiger partial charge in [-0.15, -0.1) is 12.4 Å². The molecule has 4 nitrogen and oxygen atoms in total. The maximum Gasteiger partial charge on any atom is 0.224 e. The largest absolute Gasteiger partial charge is 0.361 e. The molecule has 1 aromatic carbocycles. The lowest BCUT2D eigenvalue weighted by Gasteiger charge is -2.21. The summed E-state index contributed by atoms with van der Waals surface area (Å²) in [7, 11) is 0. The van der Waals surface area contributed by atoms with Gasteiger partial charge >= 0.3 is 0 Å². The molecule has 1 amide bonds. The minimum Gasteiger partial charge on any atom is -0.361 e. The molecule has 1 fully saturated rings. The first kappa shape index (κ1) is 14.9. The molecule has 1 aliphatic rings. The van der Waals surface area contributed by atoms with Crippen LogP contribution in [0.2, 0.25) is 0 Å². The number of piperidine rings is 1. The van der Waals surface area contributed by atoms with Gasteiger partial charge in [-0.25, -0.2) is 0 Å². The maximum atomic E-state index is 12.0. The first-order valence-corrected chi connectivity index (χ1v) is 6.89. The van der Waals surface area contributed by atoms with Crippen LogP contribution in [-0.4, -0.2) is 24.0 Å². The average molecular weight is 294 g/mol. The quantitative estimate of drug-likeness (QED) is 0.815. The number of nitrogens with one attached hydrogen (secondary N) is 3. The number of fused-ring (bicyclic) bond motifs is 1. The molecule has 5 heteroatoms. The zero-order chi connectivity index (χ0) is 13.1. The summed E-state index contributed by atoms with van der Waals surface area (Å²) in [5, 5.41) is 7.44. The van der Waals surface area contributed by atoms with Crippen LogP contribution >= 0.6 is 12.4 Å². The number of aromatic amines is 1. The van der Waals surface area contributed by atoms with Crippen molar-refractivity contribution in [3.8, 4) is 0 Å². The first-order chi connectivity index (χ1) is 9.31. The van der Waals surface area contributed by atoms with Gasteiger partial charge in [0.05, 0.1) is 0 Å². The number of halogens is 1. The van der Waals surface area contributed by atoms with E-state index in [1.807, 2.05) is 30.5 Å². The fourth-order valence-electron chi connectivity index (χ4n) is 2.69. The molecule has 3 rings (SSSR count). The van der Waals surface area contributed by atoms with Crippen LogP contribution in [0, 0.1) is 5.92 Å². The Labute approximate surface area is 124 Å². The minimum atomic E-state index is 0. The third kappa shape index (κ3) is 3.52. The van der Waals surface area contributed by atoms with Gasteiger partial charge < -0.3 is 15.6 Å². The Morgan fingerprint density at radius 3 is 2.85 bits per heavy atom. The molecule has 108 valence electrons. The Bertz CT molecular complexity index is 575. The SMILES string of the molecule is Cl.O=C(CC1CCNCC1)Nc1ccc2[nH]ccc2c1. The molecule has 0 atom stereocenters. The predicted octanol–water partition coefficient (Wildman–Crippen LogP) is 2.92. The van der Waals surface area contributed by atoms with E-state index in [1.54, 1.807) is 0 Å². The van der Waals surface area contributed by atoms with Crippen molar-refractivity contribution in [2.45, 2.75) is 19.3 Å². The maximum absolute atomic E-state index is 12.0. The van der Waals surface area contributed by atoms with Crippen LogP contribution in [0.25, 0.3) is 10.9 Å². The van der Waals surface area contributed by atoms with Crippen LogP contribution < -0.4 is 10.6 Å². The van der Waals surface area contributed by atoms with Gasteiger partial charge in [0.1, 0.15) is 0 Å². The molecule has 1 aliphatic heterocycles. The fraction of sp³-hybridized carbons (Fsp3) is 0.400. The van der Waals surface area contributed by atoms with Crippen LogP contribution in [0.5, 0.6) is 0 Å². The first-order valence-electron chi connectivity index (χ1n) is 6.89. The molecular formula is C15H20ClN3O. The fourth-order valence-corrected chi connectivity index (χ4v) is 2.69. The van der Waals surface area contributed by atoms with Gasteiger partial charge in [0.25, 0.3) is 0 Å². The number of carbonyl (C=O) groups is 1. The molecule has 3 N–H and O–H groups in total. The highest BCUT2D eigenvalue weighted by Crippen LogP contribution is 2.20. The average Bonchev–Trinajstić information content (AvgIpc) is 2.87. The molecule has 0 saturated carbocycles. The summed E-state index contributed by atoms with van der Waals surface area (Å²) in [6.45, 7) is 2.07. The zero-order valence-electron chi connectivity index (χ0n) is 11.3. The van der Waals surface area contributed by atoms with Gasteiger partial charge in [-0.05, 0) is 56.1 Å². The molecule has 0 bridgehead atoms. The summed E-state index contributed by atoms with van der Waals surface area (Å²) in [5.74, 6) is 0.652. The van der Waals surface area contributed by atoms with Crippen molar-refractivity contribution >= 4 is 34.9 Å². The van der Waals surface area contributed by atoms with Gasteiger partial charge in [-0.1, -0.05) is 0 Å². The van der Waals surface area contributed by atoms with Gasteiger partial charge in [0.2, 0.25) is 5.91 Å². The number of anilines is 1. The van der Waals surface area contributed by atoms with E-state index in [0.717, 1.165) is 42.5 Å². The molecule has 0 radical (unpaired) electrons. The van der Waals surface area contributed by atoms with E-state index in [-0.39, 0.29) is 18.3 Å². The molecular weight excluding hydrogens is 274 g/mol. The summed E-state index contributed by atoms with van der Waals surface area (Å²) in [6, 6.07) is 7.96. The van der Waals surface area contributed by atoms with Crippen molar-refractivity contribution in [2.75, 3.05) is 18.4 Å². The third-order valence-corrected chi connectivity index (χ3v) is 3.77. The summed E-state index contributed by atoms with van der Waals surface area (Å²) < 4.78 is 0. The topological polar surface area (TPSA) is 56.9 Å². The van der Waals surface area contributed by atoms with Crippen LogP contribution in [0.4, 0.5) is 5.69 Å². The van der Waals surface area contributed by atoms with Crippen molar-refractivity contribution in [3.05, 3.63) is 30.5 Å². The molecule has 0 aliphatic carbocycles.